The highest BCUT2D eigenvalue weighted by Gasteiger charge is 2.37. The molecule has 76 valence electrons. The van der Waals surface area contributed by atoms with Crippen LogP contribution >= 0.6 is 0 Å². The number of rotatable bonds is 3. The van der Waals surface area contributed by atoms with E-state index in [0.717, 1.165) is 17.9 Å². The predicted octanol–water partition coefficient (Wildman–Crippen LogP) is 1.52. The van der Waals surface area contributed by atoms with E-state index in [4.69, 9.17) is 15.2 Å². The second-order valence-corrected chi connectivity index (χ2v) is 3.59. The monoisotopic (exact) mass is 193 g/mol. The third kappa shape index (κ3) is 1.44. The smallest absolute Gasteiger partial charge is 0.164 e. The van der Waals surface area contributed by atoms with Gasteiger partial charge in [0, 0.05) is 17.5 Å². The Bertz CT molecular complexity index is 338. The molecule has 1 aromatic rings. The molecule has 0 heterocycles. The van der Waals surface area contributed by atoms with Crippen LogP contribution in [0.3, 0.4) is 0 Å². The fraction of sp³-hybridized carbons (Fsp3) is 0.455. The van der Waals surface area contributed by atoms with Crippen molar-refractivity contribution in [1.82, 2.24) is 0 Å². The minimum atomic E-state index is 0.288. The van der Waals surface area contributed by atoms with Crippen LogP contribution in [-0.4, -0.2) is 20.3 Å². The first-order valence-electron chi connectivity index (χ1n) is 4.74. The van der Waals surface area contributed by atoms with Gasteiger partial charge in [-0.3, -0.25) is 0 Å². The molecule has 0 saturated heterocycles. The van der Waals surface area contributed by atoms with E-state index < -0.39 is 0 Å². The Labute approximate surface area is 83.8 Å². The maximum absolute atomic E-state index is 5.82. The summed E-state index contributed by atoms with van der Waals surface area (Å²) in [7, 11) is 3.31. The molecule has 1 aliphatic carbocycles. The van der Waals surface area contributed by atoms with Crippen molar-refractivity contribution >= 4 is 0 Å². The van der Waals surface area contributed by atoms with Crippen LogP contribution in [0.1, 0.15) is 17.9 Å². The van der Waals surface area contributed by atoms with Gasteiger partial charge in [0.15, 0.2) is 11.5 Å². The lowest BCUT2D eigenvalue weighted by Gasteiger charge is -2.11. The molecular formula is C11H15NO2. The standard InChI is InChI=1S/C11H15NO2/c1-13-10-5-3-4-7(11(10)14-2)8-6-9(8)12/h3-5,8-9H,6,12H2,1-2H3/t8-,9-/m1/s1. The molecule has 0 aromatic heterocycles. The fourth-order valence-corrected chi connectivity index (χ4v) is 1.78. The van der Waals surface area contributed by atoms with Gasteiger partial charge in [0.25, 0.3) is 0 Å². The summed E-state index contributed by atoms with van der Waals surface area (Å²) >= 11 is 0. The molecule has 14 heavy (non-hydrogen) atoms. The van der Waals surface area contributed by atoms with Crippen molar-refractivity contribution < 1.29 is 9.47 Å². The van der Waals surface area contributed by atoms with Crippen LogP contribution in [0.5, 0.6) is 11.5 Å². The highest BCUT2D eigenvalue weighted by atomic mass is 16.5. The minimum absolute atomic E-state index is 0.288. The van der Waals surface area contributed by atoms with Crippen molar-refractivity contribution in [2.75, 3.05) is 14.2 Å². The molecule has 1 saturated carbocycles. The van der Waals surface area contributed by atoms with Gasteiger partial charge in [-0.15, -0.1) is 0 Å². The molecule has 0 bridgehead atoms. The average molecular weight is 193 g/mol. The predicted molar refractivity (Wildman–Crippen MR) is 54.9 cm³/mol. The Morgan fingerprint density at radius 2 is 2.00 bits per heavy atom. The SMILES string of the molecule is COc1cccc([C@H]2C[C@H]2N)c1OC. The molecule has 2 atom stereocenters. The first-order chi connectivity index (χ1) is 6.77. The van der Waals surface area contributed by atoms with E-state index in [1.165, 1.54) is 5.56 Å². The lowest BCUT2D eigenvalue weighted by molar-refractivity contribution is 0.351. The van der Waals surface area contributed by atoms with Crippen LogP contribution in [0.15, 0.2) is 18.2 Å². The minimum Gasteiger partial charge on any atom is -0.493 e. The summed E-state index contributed by atoms with van der Waals surface area (Å²) in [6.45, 7) is 0. The largest absolute Gasteiger partial charge is 0.493 e. The number of methoxy groups -OCH3 is 2. The fourth-order valence-electron chi connectivity index (χ4n) is 1.78. The zero-order valence-corrected chi connectivity index (χ0v) is 8.49. The van der Waals surface area contributed by atoms with E-state index >= 15 is 0 Å². The lowest BCUT2D eigenvalue weighted by atomic mass is 10.1. The van der Waals surface area contributed by atoms with Crippen LogP contribution in [0, 0.1) is 0 Å². The van der Waals surface area contributed by atoms with Crippen LogP contribution in [0.25, 0.3) is 0 Å². The molecule has 2 N–H and O–H groups in total. The topological polar surface area (TPSA) is 44.5 Å². The highest BCUT2D eigenvalue weighted by molar-refractivity contribution is 5.50. The van der Waals surface area contributed by atoms with Gasteiger partial charge in [0.2, 0.25) is 0 Å². The Hall–Kier alpha value is -1.22. The molecule has 1 aromatic carbocycles. The van der Waals surface area contributed by atoms with Gasteiger partial charge in [-0.25, -0.2) is 0 Å². The number of benzene rings is 1. The Morgan fingerprint density at radius 1 is 1.29 bits per heavy atom. The van der Waals surface area contributed by atoms with E-state index in [1.54, 1.807) is 14.2 Å². The van der Waals surface area contributed by atoms with Gasteiger partial charge in [-0.1, -0.05) is 12.1 Å². The van der Waals surface area contributed by atoms with Gasteiger partial charge >= 0.3 is 0 Å². The second kappa shape index (κ2) is 3.50. The highest BCUT2D eigenvalue weighted by Crippen LogP contribution is 2.46. The first kappa shape index (κ1) is 9.34. The molecule has 2 rings (SSSR count). The van der Waals surface area contributed by atoms with Crippen LogP contribution in [-0.2, 0) is 0 Å². The average Bonchev–Trinajstić information content (AvgIpc) is 2.94. The van der Waals surface area contributed by atoms with Crippen molar-refractivity contribution in [2.45, 2.75) is 18.4 Å². The number of para-hydroxylation sites is 1. The normalized spacial score (nSPS) is 24.5. The van der Waals surface area contributed by atoms with Crippen molar-refractivity contribution in [1.29, 1.82) is 0 Å². The van der Waals surface area contributed by atoms with Crippen molar-refractivity contribution in [3.63, 3.8) is 0 Å². The van der Waals surface area contributed by atoms with Crippen molar-refractivity contribution in [3.8, 4) is 11.5 Å². The van der Waals surface area contributed by atoms with Gasteiger partial charge in [-0.05, 0) is 12.5 Å². The number of hydrogen-bond donors (Lipinski definition) is 1. The van der Waals surface area contributed by atoms with E-state index in [2.05, 4.69) is 6.07 Å². The zero-order chi connectivity index (χ0) is 10.1. The number of nitrogens with two attached hydrogens (primary N) is 1. The summed E-state index contributed by atoms with van der Waals surface area (Å²) in [5, 5.41) is 0. The Balaban J connectivity index is 2.38. The van der Waals surface area contributed by atoms with Gasteiger partial charge in [0.05, 0.1) is 14.2 Å². The van der Waals surface area contributed by atoms with Gasteiger partial charge in [0.1, 0.15) is 0 Å². The molecule has 0 spiro atoms. The molecule has 3 heteroatoms. The van der Waals surface area contributed by atoms with E-state index in [1.807, 2.05) is 12.1 Å². The zero-order valence-electron chi connectivity index (χ0n) is 8.49. The van der Waals surface area contributed by atoms with Gasteiger partial charge < -0.3 is 15.2 Å². The van der Waals surface area contributed by atoms with Crippen LogP contribution < -0.4 is 15.2 Å². The second-order valence-electron chi connectivity index (χ2n) is 3.59. The lowest BCUT2D eigenvalue weighted by Crippen LogP contribution is -2.02. The number of ether oxygens (including phenoxy) is 2. The van der Waals surface area contributed by atoms with Gasteiger partial charge in [-0.2, -0.15) is 0 Å². The van der Waals surface area contributed by atoms with E-state index in [-0.39, 0.29) is 6.04 Å². The summed E-state index contributed by atoms with van der Waals surface area (Å²) in [5.41, 5.74) is 6.98. The molecule has 0 amide bonds. The third-order valence-electron chi connectivity index (χ3n) is 2.67. The quantitative estimate of drug-likeness (QED) is 0.791. The third-order valence-corrected chi connectivity index (χ3v) is 2.67. The molecule has 3 nitrogen and oxygen atoms in total. The molecular weight excluding hydrogens is 178 g/mol. The summed E-state index contributed by atoms with van der Waals surface area (Å²) in [5.74, 6) is 2.05. The first-order valence-corrected chi connectivity index (χ1v) is 4.74. The summed E-state index contributed by atoms with van der Waals surface area (Å²) in [6.07, 6.45) is 1.05. The molecule has 0 radical (unpaired) electrons. The van der Waals surface area contributed by atoms with Crippen LogP contribution in [0.2, 0.25) is 0 Å². The van der Waals surface area contributed by atoms with Crippen molar-refractivity contribution in [3.05, 3.63) is 23.8 Å². The van der Waals surface area contributed by atoms with E-state index in [0.29, 0.717) is 5.92 Å². The summed E-state index contributed by atoms with van der Waals surface area (Å²) < 4.78 is 10.6. The van der Waals surface area contributed by atoms with Crippen molar-refractivity contribution in [2.24, 2.45) is 5.73 Å². The number of hydrogen-bond acceptors (Lipinski definition) is 3. The molecule has 1 aliphatic rings. The molecule has 0 aliphatic heterocycles. The summed E-state index contributed by atoms with van der Waals surface area (Å²) in [4.78, 5) is 0. The summed E-state index contributed by atoms with van der Waals surface area (Å²) in [6, 6.07) is 6.22. The Kier molecular flexibility index (Phi) is 2.33. The maximum atomic E-state index is 5.82. The Morgan fingerprint density at radius 3 is 2.50 bits per heavy atom. The van der Waals surface area contributed by atoms with E-state index in [9.17, 15) is 0 Å². The maximum Gasteiger partial charge on any atom is 0.164 e. The molecule has 1 fully saturated rings. The van der Waals surface area contributed by atoms with Crippen LogP contribution in [0.4, 0.5) is 0 Å². The molecule has 0 unspecified atom stereocenters.